The third kappa shape index (κ3) is 12.2. The minimum Gasteiger partial charge on any atom is -0.443 e. The Morgan fingerprint density at radius 2 is 1.52 bits per heavy atom. The molecular weight excluding hydrogens is 324 g/mol. The molecule has 0 radical (unpaired) electrons. The van der Waals surface area contributed by atoms with Gasteiger partial charge >= 0.3 is 6.09 Å². The third-order valence-corrected chi connectivity index (χ3v) is 2.84. The topological polar surface area (TPSA) is 105 Å². The molecule has 0 unspecified atom stereocenters. The Kier molecular flexibility index (Phi) is 9.48. The summed E-state index contributed by atoms with van der Waals surface area (Å²) in [6.07, 6.45) is -0.619. The highest BCUT2D eigenvalue weighted by atomic mass is 16.6. The normalized spacial score (nSPS) is 11.8. The first-order valence-electron chi connectivity index (χ1n) is 8.60. The molecule has 0 spiro atoms. The van der Waals surface area contributed by atoms with Crippen molar-refractivity contribution in [2.75, 3.05) is 26.2 Å². The van der Waals surface area contributed by atoms with Crippen molar-refractivity contribution >= 4 is 17.9 Å². The van der Waals surface area contributed by atoms with E-state index in [0.29, 0.717) is 13.1 Å². The number of hydrogen-bond donors (Lipinski definition) is 2. The van der Waals surface area contributed by atoms with Crippen LogP contribution in [0.2, 0.25) is 0 Å². The Labute approximate surface area is 151 Å². The van der Waals surface area contributed by atoms with E-state index < -0.39 is 17.6 Å². The first-order valence-corrected chi connectivity index (χ1v) is 8.60. The van der Waals surface area contributed by atoms with Crippen LogP contribution in [0.1, 0.15) is 48.5 Å². The number of carbonyl (C=O) groups excluding carboxylic acids is 3. The number of nitrogens with zero attached hydrogens (tertiary/aromatic N) is 2. The summed E-state index contributed by atoms with van der Waals surface area (Å²) in [4.78, 5) is 37.2. The lowest BCUT2D eigenvalue weighted by molar-refractivity contribution is -0.137. The van der Waals surface area contributed by atoms with Gasteiger partial charge in [0.25, 0.3) is 0 Å². The number of hydrazine groups is 1. The molecule has 0 atom stereocenters. The van der Waals surface area contributed by atoms with Gasteiger partial charge in [-0.2, -0.15) is 0 Å². The zero-order valence-corrected chi connectivity index (χ0v) is 16.6. The van der Waals surface area contributed by atoms with Crippen LogP contribution in [-0.4, -0.2) is 59.6 Å². The van der Waals surface area contributed by atoms with E-state index >= 15 is 0 Å². The Morgan fingerprint density at radius 3 is 1.92 bits per heavy atom. The fourth-order valence-corrected chi connectivity index (χ4v) is 2.17. The van der Waals surface area contributed by atoms with Gasteiger partial charge in [0.2, 0.25) is 11.8 Å². The SMILES string of the molecule is CC(C)CN(CC(=O)N(CC(N)=O)CC(C)C)NC(=O)OC(C)(C)C. The van der Waals surface area contributed by atoms with E-state index in [1.54, 1.807) is 20.8 Å². The molecule has 0 aromatic carbocycles. The Hall–Kier alpha value is -1.83. The largest absolute Gasteiger partial charge is 0.443 e. The summed E-state index contributed by atoms with van der Waals surface area (Å²) in [6, 6.07) is 0. The van der Waals surface area contributed by atoms with Gasteiger partial charge in [-0.25, -0.2) is 9.80 Å². The summed E-state index contributed by atoms with van der Waals surface area (Å²) in [5.74, 6) is -0.424. The minimum absolute atomic E-state index is 0.0581. The van der Waals surface area contributed by atoms with Crippen molar-refractivity contribution in [3.63, 3.8) is 0 Å². The quantitative estimate of drug-likeness (QED) is 0.605. The van der Waals surface area contributed by atoms with Crippen LogP contribution in [0.5, 0.6) is 0 Å². The predicted molar refractivity (Wildman–Crippen MR) is 96.4 cm³/mol. The van der Waals surface area contributed by atoms with Crippen molar-refractivity contribution in [1.82, 2.24) is 15.3 Å². The molecule has 0 fully saturated rings. The number of ether oxygens (including phenoxy) is 1. The smallest absolute Gasteiger partial charge is 0.422 e. The monoisotopic (exact) mass is 358 g/mol. The fraction of sp³-hybridized carbons (Fsp3) is 0.824. The van der Waals surface area contributed by atoms with Crippen LogP contribution < -0.4 is 11.2 Å². The number of amides is 3. The fourth-order valence-electron chi connectivity index (χ4n) is 2.17. The molecule has 0 aliphatic heterocycles. The Morgan fingerprint density at radius 1 is 1.00 bits per heavy atom. The lowest BCUT2D eigenvalue weighted by atomic mass is 10.2. The Balaban J connectivity index is 4.98. The molecule has 25 heavy (non-hydrogen) atoms. The lowest BCUT2D eigenvalue weighted by Crippen LogP contribution is -2.52. The highest BCUT2D eigenvalue weighted by Gasteiger charge is 2.23. The van der Waals surface area contributed by atoms with Crippen molar-refractivity contribution in [3.8, 4) is 0 Å². The standard InChI is InChI=1S/C17H34N4O4/c1-12(2)8-20(10-14(18)22)15(23)11-21(9-13(3)4)19-16(24)25-17(5,6)7/h12-13H,8-11H2,1-7H3,(H2,18,22)(H,19,24). The maximum absolute atomic E-state index is 12.6. The van der Waals surface area contributed by atoms with Gasteiger partial charge in [0.1, 0.15) is 5.60 Å². The van der Waals surface area contributed by atoms with Crippen LogP contribution in [0.3, 0.4) is 0 Å². The average molecular weight is 358 g/mol. The van der Waals surface area contributed by atoms with Gasteiger partial charge in [-0.05, 0) is 32.6 Å². The van der Waals surface area contributed by atoms with Gasteiger partial charge in [0.05, 0.1) is 13.1 Å². The number of nitrogens with one attached hydrogen (secondary N) is 1. The molecule has 3 N–H and O–H groups in total. The molecule has 0 aromatic heterocycles. The number of primary amides is 1. The van der Waals surface area contributed by atoms with Crippen molar-refractivity contribution in [2.24, 2.45) is 17.6 Å². The summed E-state index contributed by atoms with van der Waals surface area (Å²) in [5.41, 5.74) is 7.21. The third-order valence-electron chi connectivity index (χ3n) is 2.84. The van der Waals surface area contributed by atoms with E-state index in [-0.39, 0.29) is 30.8 Å². The van der Waals surface area contributed by atoms with Gasteiger partial charge in [0, 0.05) is 13.1 Å². The maximum atomic E-state index is 12.6. The molecule has 0 bridgehead atoms. The van der Waals surface area contributed by atoms with Crippen LogP contribution in [0.15, 0.2) is 0 Å². The van der Waals surface area contributed by atoms with Gasteiger partial charge in [-0.1, -0.05) is 27.7 Å². The minimum atomic E-state index is -0.632. The van der Waals surface area contributed by atoms with E-state index in [4.69, 9.17) is 10.5 Å². The molecular formula is C17H34N4O4. The molecule has 8 nitrogen and oxygen atoms in total. The highest BCUT2D eigenvalue weighted by molar-refractivity contribution is 5.85. The molecule has 146 valence electrons. The molecule has 0 rings (SSSR count). The van der Waals surface area contributed by atoms with E-state index in [1.807, 2.05) is 27.7 Å². The van der Waals surface area contributed by atoms with Crippen molar-refractivity contribution in [2.45, 2.75) is 54.1 Å². The number of rotatable bonds is 9. The number of hydrogen-bond acceptors (Lipinski definition) is 5. The van der Waals surface area contributed by atoms with E-state index in [0.717, 1.165) is 0 Å². The van der Waals surface area contributed by atoms with Crippen LogP contribution >= 0.6 is 0 Å². The summed E-state index contributed by atoms with van der Waals surface area (Å²) in [7, 11) is 0. The van der Waals surface area contributed by atoms with Crippen molar-refractivity contribution in [1.29, 1.82) is 0 Å². The first kappa shape index (κ1) is 23.2. The predicted octanol–water partition coefficient (Wildman–Crippen LogP) is 1.35. The van der Waals surface area contributed by atoms with Gasteiger partial charge in [-0.15, -0.1) is 0 Å². The lowest BCUT2D eigenvalue weighted by Gasteiger charge is -2.30. The summed E-state index contributed by atoms with van der Waals surface area (Å²) < 4.78 is 5.23. The zero-order chi connectivity index (χ0) is 19.8. The van der Waals surface area contributed by atoms with Crippen LogP contribution in [-0.2, 0) is 14.3 Å². The molecule has 0 aliphatic carbocycles. The Bertz CT molecular complexity index is 458. The summed E-state index contributed by atoms with van der Waals surface area (Å²) >= 11 is 0. The summed E-state index contributed by atoms with van der Waals surface area (Å²) in [6.45, 7) is 13.8. The second-order valence-corrected chi connectivity index (χ2v) is 8.02. The van der Waals surface area contributed by atoms with Gasteiger partial charge in [-0.3, -0.25) is 15.0 Å². The van der Waals surface area contributed by atoms with Gasteiger partial charge < -0.3 is 15.4 Å². The highest BCUT2D eigenvalue weighted by Crippen LogP contribution is 2.08. The molecule has 0 saturated carbocycles. The first-order chi connectivity index (χ1) is 11.3. The maximum Gasteiger partial charge on any atom is 0.422 e. The van der Waals surface area contributed by atoms with Crippen LogP contribution in [0, 0.1) is 11.8 Å². The average Bonchev–Trinajstić information content (AvgIpc) is 2.32. The summed E-state index contributed by atoms with van der Waals surface area (Å²) in [5, 5.41) is 1.51. The second kappa shape index (κ2) is 10.2. The molecule has 3 amide bonds. The number of carbonyl (C=O) groups is 3. The van der Waals surface area contributed by atoms with E-state index in [1.165, 1.54) is 9.91 Å². The molecule has 0 aliphatic rings. The number of nitrogens with two attached hydrogens (primary N) is 1. The molecule has 0 saturated heterocycles. The van der Waals surface area contributed by atoms with Crippen LogP contribution in [0.4, 0.5) is 4.79 Å². The van der Waals surface area contributed by atoms with Crippen molar-refractivity contribution < 1.29 is 19.1 Å². The van der Waals surface area contributed by atoms with Crippen LogP contribution in [0.25, 0.3) is 0 Å². The van der Waals surface area contributed by atoms with E-state index in [2.05, 4.69) is 5.43 Å². The van der Waals surface area contributed by atoms with Crippen molar-refractivity contribution in [3.05, 3.63) is 0 Å². The second-order valence-electron chi connectivity index (χ2n) is 8.02. The molecule has 8 heteroatoms. The molecule has 0 aromatic rings. The van der Waals surface area contributed by atoms with E-state index in [9.17, 15) is 14.4 Å². The zero-order valence-electron chi connectivity index (χ0n) is 16.6. The van der Waals surface area contributed by atoms with Gasteiger partial charge in [0.15, 0.2) is 0 Å². The molecule has 0 heterocycles.